The van der Waals surface area contributed by atoms with Crippen molar-refractivity contribution in [2.45, 2.75) is 20.8 Å². The van der Waals surface area contributed by atoms with Gasteiger partial charge in [-0.05, 0) is 74.4 Å². The van der Waals surface area contributed by atoms with Crippen molar-refractivity contribution in [1.82, 2.24) is 4.57 Å². The summed E-state index contributed by atoms with van der Waals surface area (Å²) in [5, 5.41) is 13.4. The van der Waals surface area contributed by atoms with E-state index in [0.717, 1.165) is 28.2 Å². The average molecular weight is 424 g/mol. The summed E-state index contributed by atoms with van der Waals surface area (Å²) in [5.74, 6) is -0.488. The van der Waals surface area contributed by atoms with E-state index in [1.807, 2.05) is 55.7 Å². The summed E-state index contributed by atoms with van der Waals surface area (Å²) >= 11 is 12.2. The van der Waals surface area contributed by atoms with Crippen molar-refractivity contribution >= 4 is 40.9 Å². The number of nitriles is 1. The molecule has 3 aromatic rings. The van der Waals surface area contributed by atoms with Crippen LogP contribution in [0.2, 0.25) is 10.0 Å². The molecule has 0 aliphatic rings. The van der Waals surface area contributed by atoms with Crippen molar-refractivity contribution in [2.24, 2.45) is 0 Å². The fraction of sp³-hybridized carbons (Fsp3) is 0.130. The van der Waals surface area contributed by atoms with E-state index in [-0.39, 0.29) is 5.57 Å². The number of aromatic nitrogens is 1. The van der Waals surface area contributed by atoms with Crippen molar-refractivity contribution < 1.29 is 4.79 Å². The number of amides is 1. The van der Waals surface area contributed by atoms with Crippen LogP contribution in [0.15, 0.2) is 54.1 Å². The van der Waals surface area contributed by atoms with Gasteiger partial charge in [0.05, 0.1) is 0 Å². The molecule has 1 aromatic heterocycles. The lowest BCUT2D eigenvalue weighted by molar-refractivity contribution is -0.112. The van der Waals surface area contributed by atoms with Crippen LogP contribution in [-0.4, -0.2) is 10.5 Å². The fourth-order valence-electron chi connectivity index (χ4n) is 3.12. The Morgan fingerprint density at radius 3 is 2.52 bits per heavy atom. The highest BCUT2D eigenvalue weighted by Gasteiger charge is 2.14. The third-order valence-corrected chi connectivity index (χ3v) is 5.27. The molecule has 1 N–H and O–H groups in total. The molecule has 0 aliphatic carbocycles. The lowest BCUT2D eigenvalue weighted by atomic mass is 10.1. The van der Waals surface area contributed by atoms with Crippen LogP contribution < -0.4 is 5.32 Å². The van der Waals surface area contributed by atoms with Gasteiger partial charge in [-0.1, -0.05) is 35.3 Å². The van der Waals surface area contributed by atoms with E-state index in [9.17, 15) is 10.1 Å². The Bertz CT molecular complexity index is 1170. The van der Waals surface area contributed by atoms with E-state index in [1.165, 1.54) is 0 Å². The van der Waals surface area contributed by atoms with E-state index in [4.69, 9.17) is 23.2 Å². The Morgan fingerprint density at radius 2 is 1.86 bits per heavy atom. The SMILES string of the molecule is Cc1ccc(-n2c(C)cc(/C=C(\C#N)C(=O)Nc3cccc(Cl)c3)c2C)cc1Cl. The minimum Gasteiger partial charge on any atom is -0.321 e. The Morgan fingerprint density at radius 1 is 1.10 bits per heavy atom. The number of hydrogen-bond donors (Lipinski definition) is 1. The molecule has 3 rings (SSSR count). The van der Waals surface area contributed by atoms with E-state index in [0.29, 0.717) is 15.7 Å². The molecule has 0 spiro atoms. The van der Waals surface area contributed by atoms with Crippen LogP contribution in [0.4, 0.5) is 5.69 Å². The molecule has 0 unspecified atom stereocenters. The quantitative estimate of drug-likeness (QED) is 0.397. The van der Waals surface area contributed by atoms with Crippen molar-refractivity contribution in [2.75, 3.05) is 5.32 Å². The topological polar surface area (TPSA) is 57.8 Å². The van der Waals surface area contributed by atoms with Crippen LogP contribution >= 0.6 is 23.2 Å². The van der Waals surface area contributed by atoms with E-state index < -0.39 is 5.91 Å². The number of nitrogens with zero attached hydrogens (tertiary/aromatic N) is 2. The summed E-state index contributed by atoms with van der Waals surface area (Å²) in [6.07, 6.45) is 1.59. The first-order valence-corrected chi connectivity index (χ1v) is 9.70. The monoisotopic (exact) mass is 423 g/mol. The third-order valence-electron chi connectivity index (χ3n) is 4.63. The van der Waals surface area contributed by atoms with Gasteiger partial charge in [-0.3, -0.25) is 4.79 Å². The Hall–Kier alpha value is -3.00. The summed E-state index contributed by atoms with van der Waals surface area (Å²) in [6.45, 7) is 5.86. The van der Waals surface area contributed by atoms with Crippen molar-refractivity contribution in [3.63, 3.8) is 0 Å². The van der Waals surface area contributed by atoms with Gasteiger partial charge < -0.3 is 9.88 Å². The van der Waals surface area contributed by atoms with Gasteiger partial charge in [0.15, 0.2) is 0 Å². The fourth-order valence-corrected chi connectivity index (χ4v) is 3.49. The molecule has 2 aromatic carbocycles. The van der Waals surface area contributed by atoms with Gasteiger partial charge in [-0.15, -0.1) is 0 Å². The number of anilines is 1. The Labute approximate surface area is 180 Å². The number of benzene rings is 2. The third kappa shape index (κ3) is 4.54. The molecule has 29 heavy (non-hydrogen) atoms. The highest BCUT2D eigenvalue weighted by molar-refractivity contribution is 6.31. The maximum absolute atomic E-state index is 12.5. The molecule has 0 aliphatic heterocycles. The zero-order valence-corrected chi connectivity index (χ0v) is 17.8. The van der Waals surface area contributed by atoms with Crippen molar-refractivity contribution in [3.8, 4) is 11.8 Å². The molecule has 6 heteroatoms. The number of hydrogen-bond acceptors (Lipinski definition) is 2. The van der Waals surface area contributed by atoms with Gasteiger partial charge in [0.1, 0.15) is 11.6 Å². The maximum atomic E-state index is 12.5. The molecule has 0 bridgehead atoms. The van der Waals surface area contributed by atoms with Gasteiger partial charge in [-0.25, -0.2) is 0 Å². The average Bonchev–Trinajstić information content (AvgIpc) is 2.95. The maximum Gasteiger partial charge on any atom is 0.266 e. The van der Waals surface area contributed by atoms with Crippen molar-refractivity contribution in [3.05, 3.63) is 86.7 Å². The lowest BCUT2D eigenvalue weighted by Gasteiger charge is -2.11. The molecule has 4 nitrogen and oxygen atoms in total. The summed E-state index contributed by atoms with van der Waals surface area (Å²) in [7, 11) is 0. The lowest BCUT2D eigenvalue weighted by Crippen LogP contribution is -2.13. The van der Waals surface area contributed by atoms with Gasteiger partial charge in [0.2, 0.25) is 0 Å². The summed E-state index contributed by atoms with van der Waals surface area (Å²) in [4.78, 5) is 12.5. The molecular weight excluding hydrogens is 405 g/mol. The number of carbonyl (C=O) groups is 1. The standard InChI is InChI=1S/C23H19Cl2N3O/c1-14-7-8-21(12-22(14)25)28-15(2)9-17(16(28)3)10-18(13-26)23(29)27-20-6-4-5-19(24)11-20/h4-12H,1-3H3,(H,27,29)/b18-10+. The first-order valence-electron chi connectivity index (χ1n) is 8.94. The van der Waals surface area contributed by atoms with E-state index in [2.05, 4.69) is 5.32 Å². The number of nitrogens with one attached hydrogen (secondary N) is 1. The predicted molar refractivity (Wildman–Crippen MR) is 119 cm³/mol. The predicted octanol–water partition coefficient (Wildman–Crippen LogP) is 6.26. The molecule has 146 valence electrons. The van der Waals surface area contributed by atoms with Gasteiger partial charge in [0.25, 0.3) is 5.91 Å². The minimum atomic E-state index is -0.488. The second kappa shape index (κ2) is 8.57. The van der Waals surface area contributed by atoms with Crippen LogP contribution in [0, 0.1) is 32.1 Å². The summed E-state index contributed by atoms with van der Waals surface area (Å²) < 4.78 is 2.04. The zero-order valence-electron chi connectivity index (χ0n) is 16.3. The smallest absolute Gasteiger partial charge is 0.266 e. The second-order valence-electron chi connectivity index (χ2n) is 6.73. The molecular formula is C23H19Cl2N3O. The number of rotatable bonds is 4. The van der Waals surface area contributed by atoms with Gasteiger partial charge >= 0.3 is 0 Å². The molecule has 1 amide bonds. The van der Waals surface area contributed by atoms with Gasteiger partial charge in [0, 0.05) is 32.8 Å². The number of aryl methyl sites for hydroxylation is 2. The second-order valence-corrected chi connectivity index (χ2v) is 7.57. The Kier molecular flexibility index (Phi) is 6.12. The van der Waals surface area contributed by atoms with Crippen LogP contribution in [-0.2, 0) is 4.79 Å². The molecule has 0 radical (unpaired) electrons. The number of halogens is 2. The minimum absolute atomic E-state index is 0.00663. The number of carbonyl (C=O) groups excluding carboxylic acids is 1. The highest BCUT2D eigenvalue weighted by Crippen LogP contribution is 2.26. The largest absolute Gasteiger partial charge is 0.321 e. The van der Waals surface area contributed by atoms with E-state index in [1.54, 1.807) is 30.3 Å². The highest BCUT2D eigenvalue weighted by atomic mass is 35.5. The molecule has 1 heterocycles. The van der Waals surface area contributed by atoms with Crippen LogP contribution in [0.5, 0.6) is 0 Å². The van der Waals surface area contributed by atoms with E-state index >= 15 is 0 Å². The first-order chi connectivity index (χ1) is 13.8. The zero-order chi connectivity index (χ0) is 21.1. The molecule has 0 saturated heterocycles. The molecule has 0 atom stereocenters. The summed E-state index contributed by atoms with van der Waals surface area (Å²) in [5.41, 5.74) is 5.14. The van der Waals surface area contributed by atoms with Crippen LogP contribution in [0.25, 0.3) is 11.8 Å². The molecule has 0 fully saturated rings. The normalized spacial score (nSPS) is 11.2. The van der Waals surface area contributed by atoms with Crippen LogP contribution in [0.1, 0.15) is 22.5 Å². The van der Waals surface area contributed by atoms with Crippen molar-refractivity contribution in [1.29, 1.82) is 5.26 Å². The van der Waals surface area contributed by atoms with Gasteiger partial charge in [-0.2, -0.15) is 5.26 Å². The summed E-state index contributed by atoms with van der Waals surface area (Å²) in [6, 6.07) is 16.6. The Balaban J connectivity index is 1.95. The van der Waals surface area contributed by atoms with Crippen LogP contribution in [0.3, 0.4) is 0 Å². The first kappa shape index (κ1) is 20.7. The molecule has 0 saturated carbocycles.